The van der Waals surface area contributed by atoms with Crippen molar-refractivity contribution in [3.05, 3.63) is 76.5 Å². The van der Waals surface area contributed by atoms with E-state index in [1.165, 1.54) is 5.56 Å². The van der Waals surface area contributed by atoms with E-state index in [0.717, 1.165) is 22.4 Å². The maximum atomic E-state index is 11.0. The molecule has 0 aliphatic carbocycles. The molecule has 0 spiro atoms. The summed E-state index contributed by atoms with van der Waals surface area (Å²) in [6.45, 7) is 5.95. The van der Waals surface area contributed by atoms with Crippen LogP contribution >= 0.6 is 0 Å². The van der Waals surface area contributed by atoms with Crippen molar-refractivity contribution in [3.63, 3.8) is 0 Å². The Hall–Kier alpha value is -3.14. The van der Waals surface area contributed by atoms with Crippen molar-refractivity contribution >= 4 is 17.9 Å². The highest BCUT2D eigenvalue weighted by atomic mass is 16.4. The molecule has 2 aromatic carbocycles. The zero-order chi connectivity index (χ0) is 18.0. The monoisotopic (exact) mass is 333 g/mol. The number of furan rings is 1. The average Bonchev–Trinajstić information content (AvgIpc) is 3.02. The largest absolute Gasteiger partial charge is 0.478 e. The number of benzene rings is 2. The predicted octanol–water partition coefficient (Wildman–Crippen LogP) is 5.32. The molecule has 3 rings (SSSR count). The second-order valence-electron chi connectivity index (χ2n) is 6.09. The molecule has 0 saturated carbocycles. The van der Waals surface area contributed by atoms with Crippen molar-refractivity contribution in [1.82, 2.24) is 0 Å². The number of hydrogen-bond donors (Lipinski definition) is 1. The second kappa shape index (κ2) is 6.77. The summed E-state index contributed by atoms with van der Waals surface area (Å²) in [5.74, 6) is 0.406. The van der Waals surface area contributed by atoms with Crippen LogP contribution in [0.4, 0.5) is 5.69 Å². The van der Waals surface area contributed by atoms with Gasteiger partial charge in [0.15, 0.2) is 0 Å². The van der Waals surface area contributed by atoms with Gasteiger partial charge in [-0.2, -0.15) is 0 Å². The molecule has 0 fully saturated rings. The molecule has 1 N–H and O–H groups in total. The molecular weight excluding hydrogens is 314 g/mol. The summed E-state index contributed by atoms with van der Waals surface area (Å²) in [5, 5.41) is 9.05. The zero-order valence-electron chi connectivity index (χ0n) is 14.4. The van der Waals surface area contributed by atoms with E-state index in [1.807, 2.05) is 38.1 Å². The zero-order valence-corrected chi connectivity index (χ0v) is 14.4. The Kier molecular flexibility index (Phi) is 4.52. The third-order valence-corrected chi connectivity index (χ3v) is 4.05. The Labute approximate surface area is 146 Å². The van der Waals surface area contributed by atoms with E-state index in [2.05, 4.69) is 18.0 Å². The molecule has 4 heteroatoms. The Morgan fingerprint density at radius 3 is 2.48 bits per heavy atom. The van der Waals surface area contributed by atoms with Gasteiger partial charge in [-0.3, -0.25) is 4.99 Å². The molecule has 0 unspecified atom stereocenters. The molecule has 0 aliphatic heterocycles. The van der Waals surface area contributed by atoms with Gasteiger partial charge in [0, 0.05) is 5.56 Å². The van der Waals surface area contributed by atoms with Crippen LogP contribution in [0.15, 0.2) is 57.9 Å². The molecule has 126 valence electrons. The predicted molar refractivity (Wildman–Crippen MR) is 99.0 cm³/mol. The summed E-state index contributed by atoms with van der Waals surface area (Å²) in [5.41, 5.74) is 5.22. The van der Waals surface area contributed by atoms with Gasteiger partial charge in [-0.1, -0.05) is 23.8 Å². The molecule has 0 amide bonds. The lowest BCUT2D eigenvalue weighted by Crippen LogP contribution is -1.96. The molecule has 0 aliphatic rings. The number of nitrogens with zero attached hydrogens (tertiary/aromatic N) is 1. The Morgan fingerprint density at radius 2 is 1.80 bits per heavy atom. The van der Waals surface area contributed by atoms with E-state index in [1.54, 1.807) is 24.4 Å². The minimum Gasteiger partial charge on any atom is -0.478 e. The van der Waals surface area contributed by atoms with E-state index in [4.69, 9.17) is 9.52 Å². The van der Waals surface area contributed by atoms with Crippen LogP contribution in [0.2, 0.25) is 0 Å². The van der Waals surface area contributed by atoms with Gasteiger partial charge >= 0.3 is 5.97 Å². The first-order valence-electron chi connectivity index (χ1n) is 7.99. The maximum absolute atomic E-state index is 11.0. The standard InChI is InChI=1S/C21H19NO3/c1-13-4-8-19(15(3)10-13)22-12-17-6-9-20(25-17)18-7-5-16(21(23)24)11-14(18)2/h4-12H,1-3H3,(H,23,24). The van der Waals surface area contributed by atoms with Gasteiger partial charge in [0.2, 0.25) is 0 Å². The highest BCUT2D eigenvalue weighted by Gasteiger charge is 2.10. The maximum Gasteiger partial charge on any atom is 0.335 e. The summed E-state index contributed by atoms with van der Waals surface area (Å²) in [6.07, 6.45) is 1.70. The normalized spacial score (nSPS) is 11.2. The van der Waals surface area contributed by atoms with Gasteiger partial charge in [-0.25, -0.2) is 4.79 Å². The lowest BCUT2D eigenvalue weighted by Gasteiger charge is -2.04. The molecule has 25 heavy (non-hydrogen) atoms. The number of aromatic carboxylic acids is 1. The minimum atomic E-state index is -0.935. The fraction of sp³-hybridized carbons (Fsp3) is 0.143. The van der Waals surface area contributed by atoms with Crippen LogP contribution in [0.3, 0.4) is 0 Å². The van der Waals surface area contributed by atoms with Crippen LogP contribution < -0.4 is 0 Å². The number of aryl methyl sites for hydroxylation is 3. The third kappa shape index (κ3) is 3.69. The molecular formula is C21H19NO3. The van der Waals surface area contributed by atoms with Crippen molar-refractivity contribution in [3.8, 4) is 11.3 Å². The van der Waals surface area contributed by atoms with Crippen LogP contribution in [-0.2, 0) is 0 Å². The summed E-state index contributed by atoms with van der Waals surface area (Å²) >= 11 is 0. The fourth-order valence-corrected chi connectivity index (χ4v) is 2.72. The third-order valence-electron chi connectivity index (χ3n) is 4.05. The van der Waals surface area contributed by atoms with E-state index in [0.29, 0.717) is 11.5 Å². The SMILES string of the molecule is Cc1ccc(N=Cc2ccc(-c3ccc(C(=O)O)cc3C)o2)c(C)c1. The molecule has 0 saturated heterocycles. The van der Waals surface area contributed by atoms with Crippen LogP contribution in [0, 0.1) is 20.8 Å². The molecule has 0 bridgehead atoms. The second-order valence-corrected chi connectivity index (χ2v) is 6.09. The summed E-state index contributed by atoms with van der Waals surface area (Å²) in [7, 11) is 0. The number of carboxylic acid groups (broad SMARTS) is 1. The van der Waals surface area contributed by atoms with Crippen molar-refractivity contribution in [2.45, 2.75) is 20.8 Å². The molecule has 0 radical (unpaired) electrons. The first kappa shape index (κ1) is 16.7. The minimum absolute atomic E-state index is 0.268. The fourth-order valence-electron chi connectivity index (χ4n) is 2.72. The van der Waals surface area contributed by atoms with Crippen LogP contribution in [0.1, 0.15) is 32.8 Å². The lowest BCUT2D eigenvalue weighted by molar-refractivity contribution is 0.0697. The molecule has 1 aromatic heterocycles. The summed E-state index contributed by atoms with van der Waals surface area (Å²) in [4.78, 5) is 15.5. The van der Waals surface area contributed by atoms with Gasteiger partial charge < -0.3 is 9.52 Å². The lowest BCUT2D eigenvalue weighted by atomic mass is 10.0. The van der Waals surface area contributed by atoms with E-state index in [9.17, 15) is 4.79 Å². The highest BCUT2D eigenvalue weighted by molar-refractivity contribution is 5.89. The van der Waals surface area contributed by atoms with Crippen molar-refractivity contribution in [1.29, 1.82) is 0 Å². The number of rotatable bonds is 4. The van der Waals surface area contributed by atoms with Crippen molar-refractivity contribution in [2.75, 3.05) is 0 Å². The van der Waals surface area contributed by atoms with Gasteiger partial charge in [0.05, 0.1) is 17.5 Å². The van der Waals surface area contributed by atoms with Crippen LogP contribution in [0.5, 0.6) is 0 Å². The Balaban J connectivity index is 1.85. The number of carboxylic acids is 1. The Bertz CT molecular complexity index is 967. The summed E-state index contributed by atoms with van der Waals surface area (Å²) < 4.78 is 5.84. The quantitative estimate of drug-likeness (QED) is 0.657. The van der Waals surface area contributed by atoms with Gasteiger partial charge in [-0.05, 0) is 62.2 Å². The molecule has 3 aromatic rings. The smallest absolute Gasteiger partial charge is 0.335 e. The molecule has 4 nitrogen and oxygen atoms in total. The molecule has 0 atom stereocenters. The number of carbonyl (C=O) groups is 1. The van der Waals surface area contributed by atoms with Crippen molar-refractivity contribution < 1.29 is 14.3 Å². The number of hydrogen-bond acceptors (Lipinski definition) is 3. The topological polar surface area (TPSA) is 62.8 Å². The van der Waals surface area contributed by atoms with Crippen LogP contribution in [-0.4, -0.2) is 17.3 Å². The Morgan fingerprint density at radius 1 is 1.00 bits per heavy atom. The van der Waals surface area contributed by atoms with Gasteiger partial charge in [-0.15, -0.1) is 0 Å². The molecule has 1 heterocycles. The first-order chi connectivity index (χ1) is 11.9. The van der Waals surface area contributed by atoms with Crippen LogP contribution in [0.25, 0.3) is 11.3 Å². The van der Waals surface area contributed by atoms with Crippen molar-refractivity contribution in [2.24, 2.45) is 4.99 Å². The summed E-state index contributed by atoms with van der Waals surface area (Å²) in [6, 6.07) is 14.8. The van der Waals surface area contributed by atoms with E-state index < -0.39 is 5.97 Å². The van der Waals surface area contributed by atoms with Gasteiger partial charge in [0.25, 0.3) is 0 Å². The first-order valence-corrected chi connectivity index (χ1v) is 7.99. The van der Waals surface area contributed by atoms with E-state index >= 15 is 0 Å². The van der Waals surface area contributed by atoms with E-state index in [-0.39, 0.29) is 5.56 Å². The van der Waals surface area contributed by atoms with Gasteiger partial charge in [0.1, 0.15) is 11.5 Å². The number of aliphatic imine (C=N–C) groups is 1. The average molecular weight is 333 g/mol. The highest BCUT2D eigenvalue weighted by Crippen LogP contribution is 2.26.